The summed E-state index contributed by atoms with van der Waals surface area (Å²) >= 11 is 0. The standard InChI is InChI=1S/C22H26N4O5/c1-13-17(14(2)31-23-13)12-25-6-8-26(9-7-25)20(22(29)30)18-11-24(3)19-10-15(21(27)28)4-5-16(18)19/h4-5,10-11,20H,6-9,12H2,1-3H3,(H,27,28)(H,29,30). The zero-order valence-corrected chi connectivity index (χ0v) is 17.8. The van der Waals surface area contributed by atoms with Crippen LogP contribution in [0.25, 0.3) is 10.9 Å². The zero-order chi connectivity index (χ0) is 22.3. The van der Waals surface area contributed by atoms with Crippen molar-refractivity contribution < 1.29 is 24.3 Å². The van der Waals surface area contributed by atoms with E-state index in [1.54, 1.807) is 29.9 Å². The normalized spacial score (nSPS) is 16.6. The maximum Gasteiger partial charge on any atom is 0.335 e. The summed E-state index contributed by atoms with van der Waals surface area (Å²) < 4.78 is 7.04. The topological polar surface area (TPSA) is 112 Å². The van der Waals surface area contributed by atoms with Crippen molar-refractivity contribution in [1.29, 1.82) is 0 Å². The molecule has 1 aliphatic heterocycles. The molecule has 1 aromatic carbocycles. The molecule has 1 unspecified atom stereocenters. The number of aromatic carboxylic acids is 1. The second-order valence-electron chi connectivity index (χ2n) is 8.09. The smallest absolute Gasteiger partial charge is 0.335 e. The average molecular weight is 426 g/mol. The Morgan fingerprint density at radius 2 is 1.87 bits per heavy atom. The van der Waals surface area contributed by atoms with Gasteiger partial charge in [0.25, 0.3) is 0 Å². The van der Waals surface area contributed by atoms with Crippen LogP contribution in [0.1, 0.15) is 39.0 Å². The zero-order valence-electron chi connectivity index (χ0n) is 17.8. The predicted octanol–water partition coefficient (Wildman–Crippen LogP) is 2.42. The number of benzene rings is 1. The van der Waals surface area contributed by atoms with Crippen LogP contribution >= 0.6 is 0 Å². The van der Waals surface area contributed by atoms with Gasteiger partial charge in [0.2, 0.25) is 0 Å². The molecule has 0 saturated carbocycles. The van der Waals surface area contributed by atoms with Crippen LogP contribution in [0.15, 0.2) is 28.9 Å². The third-order valence-electron chi connectivity index (χ3n) is 6.13. The van der Waals surface area contributed by atoms with Crippen molar-refractivity contribution in [2.24, 2.45) is 7.05 Å². The number of aryl methyl sites for hydroxylation is 3. The van der Waals surface area contributed by atoms with Crippen molar-refractivity contribution in [1.82, 2.24) is 19.5 Å². The fraction of sp³-hybridized carbons (Fsp3) is 0.409. The lowest BCUT2D eigenvalue weighted by Gasteiger charge is -2.37. The van der Waals surface area contributed by atoms with E-state index in [1.165, 1.54) is 6.07 Å². The lowest BCUT2D eigenvalue weighted by Crippen LogP contribution is -2.48. The summed E-state index contributed by atoms with van der Waals surface area (Å²) in [6, 6.07) is 4.02. The van der Waals surface area contributed by atoms with Gasteiger partial charge in [0, 0.05) is 68.0 Å². The molecule has 3 aromatic rings. The first-order valence-corrected chi connectivity index (χ1v) is 10.2. The van der Waals surface area contributed by atoms with Crippen LogP contribution in [-0.4, -0.2) is 67.9 Å². The van der Waals surface area contributed by atoms with Crippen molar-refractivity contribution in [3.8, 4) is 0 Å². The van der Waals surface area contributed by atoms with E-state index in [4.69, 9.17) is 4.52 Å². The molecule has 0 spiro atoms. The summed E-state index contributed by atoms with van der Waals surface area (Å²) in [4.78, 5) is 27.8. The molecule has 0 amide bonds. The largest absolute Gasteiger partial charge is 0.480 e. The number of carboxylic acids is 2. The number of nitrogens with zero attached hydrogens (tertiary/aromatic N) is 4. The van der Waals surface area contributed by atoms with E-state index in [0.717, 1.165) is 42.0 Å². The number of carboxylic acid groups (broad SMARTS) is 2. The predicted molar refractivity (Wildman–Crippen MR) is 113 cm³/mol. The first-order chi connectivity index (χ1) is 14.8. The van der Waals surface area contributed by atoms with Crippen molar-refractivity contribution in [2.75, 3.05) is 26.2 Å². The Kier molecular flexibility index (Phi) is 5.55. The number of rotatable bonds is 6. The first-order valence-electron chi connectivity index (χ1n) is 10.2. The van der Waals surface area contributed by atoms with E-state index >= 15 is 0 Å². The summed E-state index contributed by atoms with van der Waals surface area (Å²) in [6.07, 6.45) is 1.80. The second-order valence-corrected chi connectivity index (χ2v) is 8.09. The third kappa shape index (κ3) is 3.94. The highest BCUT2D eigenvalue weighted by atomic mass is 16.5. The number of fused-ring (bicyclic) bond motifs is 1. The van der Waals surface area contributed by atoms with Crippen LogP contribution < -0.4 is 0 Å². The number of aliphatic carboxylic acids is 1. The molecule has 9 nitrogen and oxygen atoms in total. The number of hydrogen-bond donors (Lipinski definition) is 2. The van der Waals surface area contributed by atoms with Gasteiger partial charge in [-0.3, -0.25) is 14.6 Å². The van der Waals surface area contributed by atoms with Gasteiger partial charge >= 0.3 is 11.9 Å². The van der Waals surface area contributed by atoms with Crippen LogP contribution in [0.3, 0.4) is 0 Å². The van der Waals surface area contributed by atoms with Crippen LogP contribution in [0.5, 0.6) is 0 Å². The molecule has 31 heavy (non-hydrogen) atoms. The SMILES string of the molecule is Cc1noc(C)c1CN1CCN(C(C(=O)O)c2cn(C)c3cc(C(=O)O)ccc23)CC1. The number of aromatic nitrogens is 2. The van der Waals surface area contributed by atoms with E-state index in [-0.39, 0.29) is 5.56 Å². The molecular formula is C22H26N4O5. The molecule has 2 N–H and O–H groups in total. The number of carbonyl (C=O) groups is 2. The lowest BCUT2D eigenvalue weighted by atomic mass is 10.0. The van der Waals surface area contributed by atoms with Gasteiger partial charge in [-0.2, -0.15) is 0 Å². The van der Waals surface area contributed by atoms with Crippen molar-refractivity contribution in [2.45, 2.75) is 26.4 Å². The molecule has 0 radical (unpaired) electrons. The van der Waals surface area contributed by atoms with Gasteiger partial charge in [-0.15, -0.1) is 0 Å². The van der Waals surface area contributed by atoms with Gasteiger partial charge in [0.05, 0.1) is 11.3 Å². The van der Waals surface area contributed by atoms with Crippen LogP contribution in [0, 0.1) is 13.8 Å². The molecule has 1 fully saturated rings. The fourth-order valence-corrected chi connectivity index (χ4v) is 4.38. The maximum absolute atomic E-state index is 12.3. The molecule has 1 atom stereocenters. The monoisotopic (exact) mass is 426 g/mol. The highest BCUT2D eigenvalue weighted by Gasteiger charge is 2.33. The third-order valence-corrected chi connectivity index (χ3v) is 6.13. The Labute approximate surface area is 179 Å². The fourth-order valence-electron chi connectivity index (χ4n) is 4.38. The molecule has 4 rings (SSSR count). The molecule has 1 saturated heterocycles. The molecule has 3 heterocycles. The Balaban J connectivity index is 1.55. The molecule has 9 heteroatoms. The molecule has 1 aliphatic rings. The Morgan fingerprint density at radius 1 is 1.16 bits per heavy atom. The Bertz CT molecular complexity index is 1120. The van der Waals surface area contributed by atoms with Crippen LogP contribution in [-0.2, 0) is 18.4 Å². The Morgan fingerprint density at radius 3 is 2.45 bits per heavy atom. The van der Waals surface area contributed by atoms with Gasteiger partial charge in [-0.1, -0.05) is 11.2 Å². The molecule has 0 aliphatic carbocycles. The van der Waals surface area contributed by atoms with E-state index in [1.807, 2.05) is 18.7 Å². The highest BCUT2D eigenvalue weighted by Crippen LogP contribution is 2.32. The van der Waals surface area contributed by atoms with Crippen molar-refractivity contribution in [3.63, 3.8) is 0 Å². The van der Waals surface area contributed by atoms with Crippen molar-refractivity contribution >= 4 is 22.8 Å². The number of piperazine rings is 1. The highest BCUT2D eigenvalue weighted by molar-refractivity contribution is 5.96. The maximum atomic E-state index is 12.3. The Hall–Kier alpha value is -3.17. The quantitative estimate of drug-likeness (QED) is 0.618. The van der Waals surface area contributed by atoms with E-state index < -0.39 is 18.0 Å². The van der Waals surface area contributed by atoms with Crippen LogP contribution in [0.2, 0.25) is 0 Å². The summed E-state index contributed by atoms with van der Waals surface area (Å²) in [5.74, 6) is -1.09. The summed E-state index contributed by atoms with van der Waals surface area (Å²) in [5.41, 5.74) is 3.55. The van der Waals surface area contributed by atoms with E-state index in [2.05, 4.69) is 10.1 Å². The van der Waals surface area contributed by atoms with E-state index in [0.29, 0.717) is 24.2 Å². The van der Waals surface area contributed by atoms with Gasteiger partial charge in [-0.05, 0) is 26.0 Å². The van der Waals surface area contributed by atoms with Crippen molar-refractivity contribution in [3.05, 3.63) is 52.5 Å². The molecule has 0 bridgehead atoms. The minimum Gasteiger partial charge on any atom is -0.480 e. The van der Waals surface area contributed by atoms with Crippen LogP contribution in [0.4, 0.5) is 0 Å². The molecule has 164 valence electrons. The van der Waals surface area contributed by atoms with E-state index in [9.17, 15) is 19.8 Å². The summed E-state index contributed by atoms with van der Waals surface area (Å²) in [5, 5.41) is 24.1. The van der Waals surface area contributed by atoms with Gasteiger partial charge in [0.1, 0.15) is 11.8 Å². The summed E-state index contributed by atoms with van der Waals surface area (Å²) in [6.45, 7) is 7.28. The minimum atomic E-state index is -1.01. The second kappa shape index (κ2) is 8.16. The molecule has 2 aromatic heterocycles. The molecular weight excluding hydrogens is 400 g/mol. The lowest BCUT2D eigenvalue weighted by molar-refractivity contribution is -0.144. The average Bonchev–Trinajstić information content (AvgIpc) is 3.22. The first kappa shape index (κ1) is 21.1. The minimum absolute atomic E-state index is 0.181. The van der Waals surface area contributed by atoms with Gasteiger partial charge < -0.3 is 19.3 Å². The van der Waals surface area contributed by atoms with Gasteiger partial charge in [-0.25, -0.2) is 4.79 Å². The number of hydrogen-bond acceptors (Lipinski definition) is 6. The van der Waals surface area contributed by atoms with Gasteiger partial charge in [0.15, 0.2) is 0 Å². The summed E-state index contributed by atoms with van der Waals surface area (Å²) in [7, 11) is 1.80.